The number of hydrogen-bond donors (Lipinski definition) is 1. The van der Waals surface area contributed by atoms with Crippen LogP contribution in [0.2, 0.25) is 0 Å². The van der Waals surface area contributed by atoms with Crippen LogP contribution < -0.4 is 10.9 Å². The van der Waals surface area contributed by atoms with Crippen LogP contribution in [-0.2, 0) is 11.3 Å². The second-order valence-corrected chi connectivity index (χ2v) is 7.85. The highest BCUT2D eigenvalue weighted by atomic mass is 16.5. The molecule has 0 atom stereocenters. The number of anilines is 1. The highest BCUT2D eigenvalue weighted by Gasteiger charge is 2.15. The molecule has 0 radical (unpaired) electrons. The summed E-state index contributed by atoms with van der Waals surface area (Å²) in [5.41, 5.74) is 4.19. The minimum absolute atomic E-state index is 0.00479. The van der Waals surface area contributed by atoms with Gasteiger partial charge in [-0.05, 0) is 54.7 Å². The first kappa shape index (κ1) is 21.6. The molecule has 30 heavy (non-hydrogen) atoms. The van der Waals surface area contributed by atoms with E-state index >= 15 is 0 Å². The molecule has 5 heteroatoms. The summed E-state index contributed by atoms with van der Waals surface area (Å²) in [5, 5.41) is 4.09. The number of ether oxygens (including phenoxy) is 1. The number of esters is 1. The number of hydrogen-bond acceptors (Lipinski definition) is 5. The molecular formula is C25H29NO4. The standard InChI is InChI=1S/C25H29NO4/c1-5-6-11-26-22-10-8-7-9-19(22)25(28)29-15-18-13-24(27)30-23-12-17(4)20(16(2)3)14-21(18)23/h7-10,12-14,16,26H,5-6,11,15H2,1-4H3. The summed E-state index contributed by atoms with van der Waals surface area (Å²) in [6.45, 7) is 9.16. The number of carbonyl (C=O) groups is 1. The maximum Gasteiger partial charge on any atom is 0.340 e. The molecule has 5 nitrogen and oxygen atoms in total. The Labute approximate surface area is 177 Å². The summed E-state index contributed by atoms with van der Waals surface area (Å²) in [6.07, 6.45) is 2.09. The van der Waals surface area contributed by atoms with E-state index in [0.717, 1.165) is 36.0 Å². The lowest BCUT2D eigenvalue weighted by molar-refractivity contribution is 0.0475. The first-order chi connectivity index (χ1) is 14.4. The van der Waals surface area contributed by atoms with Gasteiger partial charge in [-0.3, -0.25) is 0 Å². The molecule has 0 fully saturated rings. The summed E-state index contributed by atoms with van der Waals surface area (Å²) in [4.78, 5) is 24.8. The summed E-state index contributed by atoms with van der Waals surface area (Å²) in [6, 6.07) is 12.6. The van der Waals surface area contributed by atoms with Crippen molar-refractivity contribution in [2.45, 2.75) is 53.1 Å². The quantitative estimate of drug-likeness (QED) is 0.291. The molecule has 158 valence electrons. The molecule has 0 saturated heterocycles. The van der Waals surface area contributed by atoms with E-state index in [-0.39, 0.29) is 6.61 Å². The molecular weight excluding hydrogens is 378 g/mol. The lowest BCUT2D eigenvalue weighted by Gasteiger charge is -2.14. The maximum atomic E-state index is 12.8. The van der Waals surface area contributed by atoms with Crippen molar-refractivity contribution in [3.8, 4) is 0 Å². The first-order valence-electron chi connectivity index (χ1n) is 10.5. The lowest BCUT2D eigenvalue weighted by Crippen LogP contribution is -2.12. The van der Waals surface area contributed by atoms with Crippen LogP contribution >= 0.6 is 0 Å². The van der Waals surface area contributed by atoms with E-state index < -0.39 is 11.6 Å². The summed E-state index contributed by atoms with van der Waals surface area (Å²) >= 11 is 0. The molecule has 1 heterocycles. The minimum atomic E-state index is -0.452. The Kier molecular flexibility index (Phi) is 6.93. The van der Waals surface area contributed by atoms with Gasteiger partial charge in [-0.1, -0.05) is 39.3 Å². The molecule has 0 saturated carbocycles. The zero-order chi connectivity index (χ0) is 21.7. The van der Waals surface area contributed by atoms with E-state index in [1.54, 1.807) is 6.07 Å². The molecule has 0 unspecified atom stereocenters. The zero-order valence-electron chi connectivity index (χ0n) is 18.1. The maximum absolute atomic E-state index is 12.8. The molecule has 0 aliphatic carbocycles. The van der Waals surface area contributed by atoms with E-state index in [0.29, 0.717) is 22.6 Å². The molecule has 3 rings (SSSR count). The van der Waals surface area contributed by atoms with Crippen LogP contribution in [0.25, 0.3) is 11.0 Å². The molecule has 1 N–H and O–H groups in total. The van der Waals surface area contributed by atoms with Gasteiger partial charge in [-0.25, -0.2) is 9.59 Å². The van der Waals surface area contributed by atoms with Gasteiger partial charge >= 0.3 is 11.6 Å². The number of para-hydroxylation sites is 1. The van der Waals surface area contributed by atoms with Crippen LogP contribution in [0.15, 0.2) is 51.7 Å². The van der Waals surface area contributed by atoms with Crippen LogP contribution in [0.3, 0.4) is 0 Å². The van der Waals surface area contributed by atoms with Crippen molar-refractivity contribution in [3.63, 3.8) is 0 Å². The van der Waals surface area contributed by atoms with Crippen molar-refractivity contribution < 1.29 is 13.9 Å². The third-order valence-corrected chi connectivity index (χ3v) is 5.19. The van der Waals surface area contributed by atoms with E-state index in [2.05, 4.69) is 26.1 Å². The number of carbonyl (C=O) groups excluding carboxylic acids is 1. The van der Waals surface area contributed by atoms with Crippen molar-refractivity contribution in [2.75, 3.05) is 11.9 Å². The predicted octanol–water partition coefficient (Wildman–Crippen LogP) is 5.79. The van der Waals surface area contributed by atoms with Gasteiger partial charge in [-0.15, -0.1) is 0 Å². The number of nitrogens with one attached hydrogen (secondary N) is 1. The average Bonchev–Trinajstić information content (AvgIpc) is 2.71. The number of rotatable bonds is 8. The van der Waals surface area contributed by atoms with Crippen LogP contribution in [-0.4, -0.2) is 12.5 Å². The largest absolute Gasteiger partial charge is 0.457 e. The molecule has 0 bridgehead atoms. The summed E-state index contributed by atoms with van der Waals surface area (Å²) in [7, 11) is 0. The molecule has 1 aromatic heterocycles. The van der Waals surface area contributed by atoms with Gasteiger partial charge < -0.3 is 14.5 Å². The fourth-order valence-corrected chi connectivity index (χ4v) is 3.57. The second kappa shape index (κ2) is 9.61. The van der Waals surface area contributed by atoms with Crippen LogP contribution in [0.5, 0.6) is 0 Å². The normalized spacial score (nSPS) is 11.1. The minimum Gasteiger partial charge on any atom is -0.457 e. The van der Waals surface area contributed by atoms with Crippen molar-refractivity contribution in [1.29, 1.82) is 0 Å². The molecule has 0 aliphatic heterocycles. The van der Waals surface area contributed by atoms with Crippen LogP contribution in [0.1, 0.15) is 66.6 Å². The van der Waals surface area contributed by atoms with E-state index in [4.69, 9.17) is 9.15 Å². The van der Waals surface area contributed by atoms with Crippen molar-refractivity contribution in [2.24, 2.45) is 0 Å². The SMILES string of the molecule is CCCCNc1ccccc1C(=O)OCc1cc(=O)oc2cc(C)c(C(C)C)cc12. The van der Waals surface area contributed by atoms with Crippen LogP contribution in [0.4, 0.5) is 5.69 Å². The van der Waals surface area contributed by atoms with Crippen LogP contribution in [0, 0.1) is 6.92 Å². The Balaban J connectivity index is 1.86. The zero-order valence-corrected chi connectivity index (χ0v) is 18.1. The van der Waals surface area contributed by atoms with Crippen molar-refractivity contribution in [1.82, 2.24) is 0 Å². The Morgan fingerprint density at radius 1 is 1.17 bits per heavy atom. The Morgan fingerprint density at radius 2 is 1.93 bits per heavy atom. The molecule has 2 aromatic carbocycles. The van der Waals surface area contributed by atoms with E-state index in [1.807, 2.05) is 37.3 Å². The fourth-order valence-electron chi connectivity index (χ4n) is 3.57. The highest BCUT2D eigenvalue weighted by molar-refractivity contribution is 5.95. The van der Waals surface area contributed by atoms with Gasteiger partial charge in [0.05, 0.1) is 5.56 Å². The second-order valence-electron chi connectivity index (χ2n) is 7.85. The topological polar surface area (TPSA) is 68.5 Å². The highest BCUT2D eigenvalue weighted by Crippen LogP contribution is 2.27. The van der Waals surface area contributed by atoms with Gasteiger partial charge in [-0.2, -0.15) is 0 Å². The first-order valence-corrected chi connectivity index (χ1v) is 10.5. The van der Waals surface area contributed by atoms with E-state index in [9.17, 15) is 9.59 Å². The number of aryl methyl sites for hydroxylation is 1. The summed E-state index contributed by atoms with van der Waals surface area (Å²) < 4.78 is 11.0. The predicted molar refractivity (Wildman–Crippen MR) is 120 cm³/mol. The Bertz CT molecular complexity index is 1100. The molecule has 0 spiro atoms. The number of benzene rings is 2. The third-order valence-electron chi connectivity index (χ3n) is 5.19. The van der Waals surface area contributed by atoms with Gasteiger partial charge in [0, 0.05) is 29.2 Å². The Morgan fingerprint density at radius 3 is 2.67 bits per heavy atom. The summed E-state index contributed by atoms with van der Waals surface area (Å²) in [5.74, 6) is -0.0926. The number of unbranched alkanes of at least 4 members (excludes halogenated alkanes) is 1. The monoisotopic (exact) mass is 407 g/mol. The molecule has 0 aliphatic rings. The lowest BCUT2D eigenvalue weighted by atomic mass is 9.95. The molecule has 0 amide bonds. The third kappa shape index (κ3) is 4.90. The van der Waals surface area contributed by atoms with Gasteiger partial charge in [0.1, 0.15) is 12.2 Å². The van der Waals surface area contributed by atoms with Crippen molar-refractivity contribution in [3.05, 3.63) is 75.1 Å². The smallest absolute Gasteiger partial charge is 0.340 e. The number of fused-ring (bicyclic) bond motifs is 1. The Hall–Kier alpha value is -3.08. The van der Waals surface area contributed by atoms with Gasteiger partial charge in [0.25, 0.3) is 0 Å². The van der Waals surface area contributed by atoms with Gasteiger partial charge in [0.15, 0.2) is 0 Å². The van der Waals surface area contributed by atoms with Crippen molar-refractivity contribution >= 4 is 22.6 Å². The van der Waals surface area contributed by atoms with Gasteiger partial charge in [0.2, 0.25) is 0 Å². The fraction of sp³-hybridized carbons (Fsp3) is 0.360. The molecule has 3 aromatic rings. The average molecular weight is 408 g/mol. The van der Waals surface area contributed by atoms with E-state index in [1.165, 1.54) is 11.6 Å².